The number of halogens is 7. The molecule has 0 saturated heterocycles. The second-order valence-corrected chi connectivity index (χ2v) is 9.37. The number of nitrogens with one attached hydrogen (secondary N) is 3. The average molecular weight is 587 g/mol. The lowest BCUT2D eigenvalue weighted by Gasteiger charge is -2.28. The summed E-state index contributed by atoms with van der Waals surface area (Å²) >= 11 is 6.25. The largest absolute Gasteiger partial charge is 0.397 e. The van der Waals surface area contributed by atoms with Crippen molar-refractivity contribution in [1.29, 1.82) is 0 Å². The number of carbonyl (C=O) groups is 3. The summed E-state index contributed by atoms with van der Waals surface area (Å²) in [6, 6.07) is 1.70. The number of benzene rings is 2. The molecule has 0 spiro atoms. The van der Waals surface area contributed by atoms with Gasteiger partial charge in [0.25, 0.3) is 5.91 Å². The molecule has 3 heterocycles. The molecule has 40 heavy (non-hydrogen) atoms. The fourth-order valence-corrected chi connectivity index (χ4v) is 4.99. The van der Waals surface area contributed by atoms with Gasteiger partial charge in [-0.2, -0.15) is 13.2 Å². The molecule has 0 fully saturated rings. The molecule has 0 radical (unpaired) electrons. The SMILES string of the molecule is CNC(=O)c1nc(NC(=O)N2C[C@H](C(F)(F)F)c3cc(F)c(F)cc32)c2n1CC(=O)N[C@H]2c1cc(F)ccc1Cl. The minimum atomic E-state index is -4.89. The zero-order valence-electron chi connectivity index (χ0n) is 20.2. The first-order valence-electron chi connectivity index (χ1n) is 11.5. The highest BCUT2D eigenvalue weighted by atomic mass is 35.5. The topological polar surface area (TPSA) is 108 Å². The second-order valence-electron chi connectivity index (χ2n) is 8.96. The van der Waals surface area contributed by atoms with Crippen LogP contribution in [0.2, 0.25) is 5.02 Å². The fraction of sp³-hybridized carbons (Fsp3) is 0.250. The van der Waals surface area contributed by atoms with E-state index < -0.39 is 77.8 Å². The van der Waals surface area contributed by atoms with Gasteiger partial charge in [0.1, 0.15) is 18.3 Å². The Morgan fingerprint density at radius 1 is 1.10 bits per heavy atom. The van der Waals surface area contributed by atoms with Crippen LogP contribution in [0.3, 0.4) is 0 Å². The fourth-order valence-electron chi connectivity index (χ4n) is 4.76. The summed E-state index contributed by atoms with van der Waals surface area (Å²) in [6.07, 6.45) is -4.89. The summed E-state index contributed by atoms with van der Waals surface area (Å²) in [7, 11) is 1.28. The van der Waals surface area contributed by atoms with Crippen molar-refractivity contribution in [2.75, 3.05) is 23.8 Å². The van der Waals surface area contributed by atoms with Crippen LogP contribution in [0.4, 0.5) is 42.6 Å². The number of hydrogen-bond donors (Lipinski definition) is 3. The Morgan fingerprint density at radius 2 is 1.80 bits per heavy atom. The lowest BCUT2D eigenvalue weighted by atomic mass is 10.0. The van der Waals surface area contributed by atoms with E-state index in [1.54, 1.807) is 0 Å². The summed E-state index contributed by atoms with van der Waals surface area (Å²) in [6.45, 7) is -1.45. The van der Waals surface area contributed by atoms with Crippen LogP contribution in [0, 0.1) is 17.5 Å². The molecule has 2 aliphatic rings. The first-order valence-corrected chi connectivity index (χ1v) is 11.9. The number of urea groups is 1. The Labute approximate surface area is 226 Å². The van der Waals surface area contributed by atoms with Crippen LogP contribution in [-0.4, -0.2) is 47.2 Å². The van der Waals surface area contributed by atoms with Crippen molar-refractivity contribution in [3.05, 3.63) is 75.5 Å². The maximum atomic E-state index is 14.1. The van der Waals surface area contributed by atoms with E-state index in [0.717, 1.165) is 16.7 Å². The van der Waals surface area contributed by atoms with Crippen LogP contribution < -0.4 is 20.9 Å². The third kappa shape index (κ3) is 4.59. The zero-order valence-corrected chi connectivity index (χ0v) is 20.9. The highest BCUT2D eigenvalue weighted by Gasteiger charge is 2.49. The quantitative estimate of drug-likeness (QED) is 0.399. The van der Waals surface area contributed by atoms with Gasteiger partial charge in [-0.1, -0.05) is 11.6 Å². The van der Waals surface area contributed by atoms with Crippen LogP contribution in [0.15, 0.2) is 30.3 Å². The minimum Gasteiger partial charge on any atom is -0.352 e. The standard InChI is InChI=1S/C24H17ClF6N6O3/c1-32-22(39)21-34-20(19-18(33-17(38)8-37(19)21)11-4-9(26)2-3-13(11)25)35-23(40)36-7-12(24(29,30)31)10-5-14(27)15(28)6-16(10)36/h2-6,12,18H,7-8H2,1H3,(H,32,39)(H,33,38)(H,35,40)/t12-,18-/m0/s1. The molecule has 2 atom stereocenters. The van der Waals surface area contributed by atoms with E-state index in [1.807, 2.05) is 0 Å². The highest BCUT2D eigenvalue weighted by Crippen LogP contribution is 2.46. The van der Waals surface area contributed by atoms with Crippen molar-refractivity contribution in [2.24, 2.45) is 0 Å². The van der Waals surface area contributed by atoms with Crippen molar-refractivity contribution >= 4 is 41.0 Å². The number of carbonyl (C=O) groups excluding carboxylic acids is 3. The smallest absolute Gasteiger partial charge is 0.352 e. The number of nitrogens with zero attached hydrogens (tertiary/aromatic N) is 3. The lowest BCUT2D eigenvalue weighted by Crippen LogP contribution is -2.41. The molecular weight excluding hydrogens is 570 g/mol. The molecule has 3 N–H and O–H groups in total. The van der Waals surface area contributed by atoms with E-state index in [9.17, 15) is 40.7 Å². The Balaban J connectivity index is 1.60. The van der Waals surface area contributed by atoms with E-state index in [2.05, 4.69) is 20.9 Å². The molecule has 5 rings (SSSR count). The van der Waals surface area contributed by atoms with Crippen molar-refractivity contribution in [3.63, 3.8) is 0 Å². The van der Waals surface area contributed by atoms with Gasteiger partial charge in [0.05, 0.1) is 17.4 Å². The highest BCUT2D eigenvalue weighted by molar-refractivity contribution is 6.31. The normalized spacial score (nSPS) is 18.2. The number of aromatic nitrogens is 2. The predicted molar refractivity (Wildman–Crippen MR) is 129 cm³/mol. The first-order chi connectivity index (χ1) is 18.8. The van der Waals surface area contributed by atoms with Gasteiger partial charge in [0.15, 0.2) is 17.5 Å². The maximum absolute atomic E-state index is 14.1. The maximum Gasteiger partial charge on any atom is 0.397 e. The first kappa shape index (κ1) is 27.3. The third-order valence-corrected chi connectivity index (χ3v) is 6.90. The molecule has 0 unspecified atom stereocenters. The Hall–Kier alpha value is -4.27. The summed E-state index contributed by atoms with van der Waals surface area (Å²) in [4.78, 5) is 43.1. The molecule has 4 amide bonds. The molecule has 0 bridgehead atoms. The summed E-state index contributed by atoms with van der Waals surface area (Å²) in [5, 5.41) is 7.23. The van der Waals surface area contributed by atoms with Crippen LogP contribution >= 0.6 is 11.6 Å². The van der Waals surface area contributed by atoms with Gasteiger partial charge in [0, 0.05) is 30.2 Å². The number of fused-ring (bicyclic) bond motifs is 2. The summed E-state index contributed by atoms with van der Waals surface area (Å²) in [5.41, 5.74) is -1.15. The number of rotatable bonds is 3. The average Bonchev–Trinajstić information content (AvgIpc) is 3.43. The van der Waals surface area contributed by atoms with E-state index in [1.165, 1.54) is 13.1 Å². The van der Waals surface area contributed by atoms with Crippen LogP contribution in [0.25, 0.3) is 0 Å². The number of hydrogen-bond acceptors (Lipinski definition) is 4. The number of amides is 4. The number of anilines is 2. The van der Waals surface area contributed by atoms with Gasteiger partial charge in [-0.05, 0) is 29.8 Å². The second kappa shape index (κ2) is 9.73. The molecule has 0 aliphatic carbocycles. The van der Waals surface area contributed by atoms with Crippen LogP contribution in [0.1, 0.15) is 39.4 Å². The molecule has 1 aromatic heterocycles. The number of imidazole rings is 1. The monoisotopic (exact) mass is 586 g/mol. The van der Waals surface area contributed by atoms with Gasteiger partial charge >= 0.3 is 12.2 Å². The van der Waals surface area contributed by atoms with E-state index in [-0.39, 0.29) is 27.9 Å². The number of alkyl halides is 3. The molecule has 210 valence electrons. The molecule has 0 saturated carbocycles. The van der Waals surface area contributed by atoms with Gasteiger partial charge in [-0.25, -0.2) is 22.9 Å². The molecule has 9 nitrogen and oxygen atoms in total. The zero-order chi connectivity index (χ0) is 29.1. The summed E-state index contributed by atoms with van der Waals surface area (Å²) < 4.78 is 84.3. The van der Waals surface area contributed by atoms with E-state index >= 15 is 0 Å². The molecular formula is C24H17ClF6N6O3. The third-order valence-electron chi connectivity index (χ3n) is 6.55. The van der Waals surface area contributed by atoms with Crippen molar-refractivity contribution in [1.82, 2.24) is 20.2 Å². The Bertz CT molecular complexity index is 1580. The van der Waals surface area contributed by atoms with E-state index in [0.29, 0.717) is 17.0 Å². The molecule has 3 aromatic rings. The van der Waals surface area contributed by atoms with Gasteiger partial charge in [-0.3, -0.25) is 19.8 Å². The van der Waals surface area contributed by atoms with E-state index in [4.69, 9.17) is 11.6 Å². The van der Waals surface area contributed by atoms with Crippen LogP contribution in [-0.2, 0) is 11.3 Å². The minimum absolute atomic E-state index is 0.0131. The van der Waals surface area contributed by atoms with Gasteiger partial charge in [-0.15, -0.1) is 0 Å². The lowest BCUT2D eigenvalue weighted by molar-refractivity contribution is -0.146. The Morgan fingerprint density at radius 3 is 2.48 bits per heavy atom. The van der Waals surface area contributed by atoms with Crippen molar-refractivity contribution in [2.45, 2.75) is 24.7 Å². The van der Waals surface area contributed by atoms with Crippen molar-refractivity contribution in [3.8, 4) is 0 Å². The summed E-state index contributed by atoms with van der Waals surface area (Å²) in [5.74, 6) is -8.11. The van der Waals surface area contributed by atoms with Crippen LogP contribution in [0.5, 0.6) is 0 Å². The Kier molecular flexibility index (Phi) is 6.64. The van der Waals surface area contributed by atoms with Crippen molar-refractivity contribution < 1.29 is 40.7 Å². The van der Waals surface area contributed by atoms with Gasteiger partial charge < -0.3 is 15.2 Å². The predicted octanol–water partition coefficient (Wildman–Crippen LogP) is 4.23. The molecule has 16 heteroatoms. The van der Waals surface area contributed by atoms with Gasteiger partial charge in [0.2, 0.25) is 11.7 Å². The molecule has 2 aromatic carbocycles. The molecule has 2 aliphatic heterocycles.